The Morgan fingerprint density at radius 3 is 2.33 bits per heavy atom. The zero-order chi connectivity index (χ0) is 11.6. The van der Waals surface area contributed by atoms with Gasteiger partial charge in [-0.25, -0.2) is 4.79 Å². The molecule has 0 aromatic rings. The number of aliphatic carboxylic acids is 1. The van der Waals surface area contributed by atoms with Crippen LogP contribution in [0.3, 0.4) is 0 Å². The van der Waals surface area contributed by atoms with Crippen LogP contribution in [0.4, 0.5) is 4.79 Å². The topological polar surface area (TPSA) is 78.4 Å². The lowest BCUT2D eigenvalue weighted by Crippen LogP contribution is -2.46. The molecule has 1 fully saturated rings. The summed E-state index contributed by atoms with van der Waals surface area (Å²) < 4.78 is 0. The van der Waals surface area contributed by atoms with Gasteiger partial charge in [0, 0.05) is 12.1 Å². The van der Waals surface area contributed by atoms with Gasteiger partial charge in [0.2, 0.25) is 0 Å². The highest BCUT2D eigenvalue weighted by Gasteiger charge is 2.34. The van der Waals surface area contributed by atoms with E-state index in [0.29, 0.717) is 5.92 Å². The van der Waals surface area contributed by atoms with Crippen molar-refractivity contribution in [1.82, 2.24) is 10.6 Å². The summed E-state index contributed by atoms with van der Waals surface area (Å²) >= 11 is 0. The maximum atomic E-state index is 11.4. The molecule has 1 rings (SSSR count). The number of hydrogen-bond acceptors (Lipinski definition) is 2. The highest BCUT2D eigenvalue weighted by atomic mass is 16.4. The Morgan fingerprint density at radius 2 is 1.93 bits per heavy atom. The Labute approximate surface area is 89.2 Å². The summed E-state index contributed by atoms with van der Waals surface area (Å²) in [6.07, 6.45) is 1.01. The summed E-state index contributed by atoms with van der Waals surface area (Å²) in [5, 5.41) is 14.1. The van der Waals surface area contributed by atoms with Gasteiger partial charge < -0.3 is 15.7 Å². The number of urea groups is 1. The highest BCUT2D eigenvalue weighted by Crippen LogP contribution is 2.28. The zero-order valence-electron chi connectivity index (χ0n) is 9.28. The average molecular weight is 214 g/mol. The fourth-order valence-electron chi connectivity index (χ4n) is 1.28. The van der Waals surface area contributed by atoms with Gasteiger partial charge in [0.1, 0.15) is 0 Å². The number of carbonyl (C=O) groups excluding carboxylic acids is 1. The van der Waals surface area contributed by atoms with Crippen LogP contribution >= 0.6 is 0 Å². The molecule has 4 atom stereocenters. The molecule has 5 heteroatoms. The molecule has 0 aromatic carbocycles. The molecule has 0 bridgehead atoms. The summed E-state index contributed by atoms with van der Waals surface area (Å²) in [4.78, 5) is 22.0. The molecule has 0 aliphatic heterocycles. The van der Waals surface area contributed by atoms with Gasteiger partial charge in [-0.1, -0.05) is 6.92 Å². The molecule has 86 valence electrons. The third kappa shape index (κ3) is 3.42. The molecule has 0 heterocycles. The fourth-order valence-corrected chi connectivity index (χ4v) is 1.28. The van der Waals surface area contributed by atoms with Gasteiger partial charge in [-0.15, -0.1) is 0 Å². The van der Waals surface area contributed by atoms with Crippen LogP contribution in [0.5, 0.6) is 0 Å². The van der Waals surface area contributed by atoms with Crippen molar-refractivity contribution in [1.29, 1.82) is 0 Å². The van der Waals surface area contributed by atoms with Gasteiger partial charge in [0.25, 0.3) is 0 Å². The third-order valence-electron chi connectivity index (χ3n) is 2.92. The Hall–Kier alpha value is -1.26. The molecule has 0 spiro atoms. The minimum atomic E-state index is -0.900. The average Bonchev–Trinajstić information content (AvgIpc) is 2.79. The molecule has 15 heavy (non-hydrogen) atoms. The lowest BCUT2D eigenvalue weighted by atomic mass is 10.0. The lowest BCUT2D eigenvalue weighted by molar-refractivity contribution is -0.141. The first-order valence-electron chi connectivity index (χ1n) is 5.21. The molecular formula is C10H18N2O3. The first-order chi connectivity index (χ1) is 6.91. The summed E-state index contributed by atoms with van der Waals surface area (Å²) in [5.41, 5.74) is 0. The van der Waals surface area contributed by atoms with Gasteiger partial charge in [-0.2, -0.15) is 0 Å². The second kappa shape index (κ2) is 4.51. The van der Waals surface area contributed by atoms with E-state index in [2.05, 4.69) is 17.6 Å². The molecule has 1 saturated carbocycles. The van der Waals surface area contributed by atoms with Gasteiger partial charge in [-0.05, 0) is 26.2 Å². The van der Waals surface area contributed by atoms with E-state index in [-0.39, 0.29) is 18.1 Å². The lowest BCUT2D eigenvalue weighted by Gasteiger charge is -2.18. The molecule has 0 aromatic heterocycles. The Bertz CT molecular complexity index is 267. The first-order valence-corrected chi connectivity index (χ1v) is 5.21. The fraction of sp³-hybridized carbons (Fsp3) is 0.800. The number of hydrogen-bond donors (Lipinski definition) is 3. The van der Waals surface area contributed by atoms with Crippen molar-refractivity contribution < 1.29 is 14.7 Å². The van der Waals surface area contributed by atoms with Crippen molar-refractivity contribution in [3.05, 3.63) is 0 Å². The predicted molar refractivity (Wildman–Crippen MR) is 55.5 cm³/mol. The molecule has 5 nitrogen and oxygen atoms in total. The Balaban J connectivity index is 2.27. The van der Waals surface area contributed by atoms with E-state index in [1.54, 1.807) is 13.8 Å². The van der Waals surface area contributed by atoms with Crippen molar-refractivity contribution in [3.8, 4) is 0 Å². The number of nitrogens with one attached hydrogen (secondary N) is 2. The number of carboxylic acids is 1. The van der Waals surface area contributed by atoms with E-state index >= 15 is 0 Å². The highest BCUT2D eigenvalue weighted by molar-refractivity contribution is 5.77. The van der Waals surface area contributed by atoms with E-state index in [0.717, 1.165) is 6.42 Å². The molecule has 2 amide bonds. The van der Waals surface area contributed by atoms with Crippen LogP contribution in [0.25, 0.3) is 0 Å². The number of carbonyl (C=O) groups is 2. The van der Waals surface area contributed by atoms with Crippen LogP contribution in [-0.2, 0) is 4.79 Å². The van der Waals surface area contributed by atoms with Crippen molar-refractivity contribution in [3.63, 3.8) is 0 Å². The molecule has 1 aliphatic rings. The maximum absolute atomic E-state index is 11.4. The number of carboxylic acid groups (broad SMARTS) is 1. The Kier molecular flexibility index (Phi) is 3.55. The van der Waals surface area contributed by atoms with Crippen LogP contribution < -0.4 is 10.6 Å². The monoisotopic (exact) mass is 214 g/mol. The zero-order valence-corrected chi connectivity index (χ0v) is 9.28. The summed E-state index contributed by atoms with van der Waals surface area (Å²) in [6.45, 7) is 5.33. The van der Waals surface area contributed by atoms with Crippen LogP contribution in [0, 0.1) is 11.8 Å². The van der Waals surface area contributed by atoms with E-state index in [9.17, 15) is 9.59 Å². The van der Waals surface area contributed by atoms with Crippen LogP contribution in [-0.4, -0.2) is 29.2 Å². The van der Waals surface area contributed by atoms with E-state index in [1.807, 2.05) is 0 Å². The van der Waals surface area contributed by atoms with E-state index in [4.69, 9.17) is 5.11 Å². The summed E-state index contributed by atoms with van der Waals surface area (Å²) in [5.74, 6) is -0.932. The molecule has 0 saturated heterocycles. The van der Waals surface area contributed by atoms with Crippen molar-refractivity contribution in [2.45, 2.75) is 39.3 Å². The second-order valence-corrected chi connectivity index (χ2v) is 4.35. The normalized spacial score (nSPS) is 27.7. The second-order valence-electron chi connectivity index (χ2n) is 4.35. The smallest absolute Gasteiger partial charge is 0.315 e. The van der Waals surface area contributed by atoms with Crippen molar-refractivity contribution in [2.24, 2.45) is 11.8 Å². The number of rotatable bonds is 4. The van der Waals surface area contributed by atoms with Gasteiger partial charge >= 0.3 is 12.0 Å². The quantitative estimate of drug-likeness (QED) is 0.647. The minimum absolute atomic E-state index is 0.261. The van der Waals surface area contributed by atoms with Gasteiger partial charge in [-0.3, -0.25) is 4.79 Å². The van der Waals surface area contributed by atoms with Crippen LogP contribution in [0.15, 0.2) is 0 Å². The summed E-state index contributed by atoms with van der Waals surface area (Å²) in [7, 11) is 0. The molecule has 3 N–H and O–H groups in total. The standard InChI is InChI=1S/C10H18N2O3/c1-5-4-8(5)12-10(15)11-7(3)6(2)9(13)14/h5-8H,4H2,1-3H3,(H,13,14)(H2,11,12,15). The van der Waals surface area contributed by atoms with E-state index < -0.39 is 11.9 Å². The molecule has 4 unspecified atom stereocenters. The minimum Gasteiger partial charge on any atom is -0.481 e. The molecular weight excluding hydrogens is 196 g/mol. The molecule has 0 radical (unpaired) electrons. The van der Waals surface area contributed by atoms with Crippen LogP contribution in [0.1, 0.15) is 27.2 Å². The van der Waals surface area contributed by atoms with Gasteiger partial charge in [0.15, 0.2) is 0 Å². The van der Waals surface area contributed by atoms with Crippen LogP contribution in [0.2, 0.25) is 0 Å². The SMILES string of the molecule is CC1CC1NC(=O)NC(C)C(C)C(=O)O. The third-order valence-corrected chi connectivity index (χ3v) is 2.92. The maximum Gasteiger partial charge on any atom is 0.315 e. The predicted octanol–water partition coefficient (Wildman–Crippen LogP) is 0.803. The first kappa shape index (κ1) is 11.8. The molecule has 1 aliphatic carbocycles. The Morgan fingerprint density at radius 1 is 1.40 bits per heavy atom. The van der Waals surface area contributed by atoms with Gasteiger partial charge in [0.05, 0.1) is 5.92 Å². The largest absolute Gasteiger partial charge is 0.481 e. The summed E-state index contributed by atoms with van der Waals surface area (Å²) in [6, 6.07) is -0.376. The van der Waals surface area contributed by atoms with Crippen molar-refractivity contribution in [2.75, 3.05) is 0 Å². The number of amides is 2. The van der Waals surface area contributed by atoms with Crippen molar-refractivity contribution >= 4 is 12.0 Å². The van der Waals surface area contributed by atoms with E-state index in [1.165, 1.54) is 0 Å².